The lowest BCUT2D eigenvalue weighted by Gasteiger charge is -2.26. The van der Waals surface area contributed by atoms with E-state index in [1.165, 1.54) is 10.4 Å². The van der Waals surface area contributed by atoms with Crippen molar-refractivity contribution in [2.75, 3.05) is 38.3 Å². The molecule has 1 aromatic carbocycles. The molecule has 0 unspecified atom stereocenters. The van der Waals surface area contributed by atoms with Crippen molar-refractivity contribution in [3.8, 4) is 0 Å². The van der Waals surface area contributed by atoms with Crippen LogP contribution in [0, 0.1) is 13.8 Å². The fourth-order valence-corrected chi connectivity index (χ4v) is 4.77. The van der Waals surface area contributed by atoms with Crippen molar-refractivity contribution in [3.05, 3.63) is 51.1 Å². The molecule has 0 amide bonds. The number of rotatable bonds is 5. The first-order valence-electron chi connectivity index (χ1n) is 9.54. The predicted octanol–water partition coefficient (Wildman–Crippen LogP) is 4.43. The standard InChI is InChI=1S/C21H25ClN4OS/c1-14-15(2)28-21-19(14)20(25(3)12-16-6-4-5-7-17(16)22)23-18(24-21)13-26-8-10-27-11-9-26/h4-7H,8-13H2,1-3H3. The number of aryl methyl sites for hydroxylation is 2. The van der Waals surface area contributed by atoms with Gasteiger partial charge < -0.3 is 9.64 Å². The fourth-order valence-electron chi connectivity index (χ4n) is 3.53. The minimum atomic E-state index is 0.705. The van der Waals surface area contributed by atoms with Gasteiger partial charge in [-0.25, -0.2) is 9.97 Å². The number of halogens is 1. The summed E-state index contributed by atoms with van der Waals surface area (Å²) >= 11 is 8.14. The van der Waals surface area contributed by atoms with E-state index in [2.05, 4.69) is 36.8 Å². The quantitative estimate of drug-likeness (QED) is 0.615. The Morgan fingerprint density at radius 2 is 1.93 bits per heavy atom. The van der Waals surface area contributed by atoms with Gasteiger partial charge in [0.25, 0.3) is 0 Å². The van der Waals surface area contributed by atoms with E-state index in [0.29, 0.717) is 6.54 Å². The Morgan fingerprint density at radius 1 is 1.18 bits per heavy atom. The SMILES string of the molecule is Cc1sc2nc(CN3CCOCC3)nc(N(C)Cc3ccccc3Cl)c2c1C. The third-order valence-corrected chi connectivity index (χ3v) is 6.72. The van der Waals surface area contributed by atoms with Crippen LogP contribution in [-0.2, 0) is 17.8 Å². The van der Waals surface area contributed by atoms with E-state index in [1.54, 1.807) is 11.3 Å². The third kappa shape index (κ3) is 4.01. The first-order chi connectivity index (χ1) is 13.5. The average molecular weight is 417 g/mol. The zero-order valence-corrected chi connectivity index (χ0v) is 18.1. The highest BCUT2D eigenvalue weighted by molar-refractivity contribution is 7.18. The molecule has 0 N–H and O–H groups in total. The Balaban J connectivity index is 1.70. The van der Waals surface area contributed by atoms with Gasteiger partial charge in [0.1, 0.15) is 16.5 Å². The number of anilines is 1. The number of aromatic nitrogens is 2. The van der Waals surface area contributed by atoms with Crippen LogP contribution in [0.1, 0.15) is 21.8 Å². The maximum Gasteiger partial charge on any atom is 0.146 e. The highest BCUT2D eigenvalue weighted by Crippen LogP contribution is 2.35. The molecule has 2 aromatic heterocycles. The molecule has 0 radical (unpaired) electrons. The van der Waals surface area contributed by atoms with Gasteiger partial charge in [-0.05, 0) is 31.0 Å². The molecule has 4 rings (SSSR count). The number of fused-ring (bicyclic) bond motifs is 1. The van der Waals surface area contributed by atoms with Crippen molar-refractivity contribution in [2.24, 2.45) is 0 Å². The van der Waals surface area contributed by atoms with Crippen LogP contribution in [0.2, 0.25) is 5.02 Å². The van der Waals surface area contributed by atoms with Crippen LogP contribution in [0.25, 0.3) is 10.2 Å². The van der Waals surface area contributed by atoms with E-state index < -0.39 is 0 Å². The zero-order chi connectivity index (χ0) is 19.7. The van der Waals surface area contributed by atoms with Crippen molar-refractivity contribution in [3.63, 3.8) is 0 Å². The van der Waals surface area contributed by atoms with E-state index in [9.17, 15) is 0 Å². The van der Waals surface area contributed by atoms with Gasteiger partial charge in [-0.2, -0.15) is 0 Å². The third-order valence-electron chi connectivity index (χ3n) is 5.25. The Morgan fingerprint density at radius 3 is 2.68 bits per heavy atom. The molecule has 7 heteroatoms. The Labute approximate surface area is 174 Å². The van der Waals surface area contributed by atoms with Gasteiger partial charge in [0, 0.05) is 36.6 Å². The van der Waals surface area contributed by atoms with Crippen molar-refractivity contribution >= 4 is 39.0 Å². The van der Waals surface area contributed by atoms with Gasteiger partial charge in [-0.15, -0.1) is 11.3 Å². The molecule has 28 heavy (non-hydrogen) atoms. The highest BCUT2D eigenvalue weighted by atomic mass is 35.5. The van der Waals surface area contributed by atoms with E-state index in [-0.39, 0.29) is 0 Å². The topological polar surface area (TPSA) is 41.5 Å². The molecule has 0 saturated carbocycles. The van der Waals surface area contributed by atoms with Crippen LogP contribution < -0.4 is 4.90 Å². The summed E-state index contributed by atoms with van der Waals surface area (Å²) in [6, 6.07) is 7.98. The summed E-state index contributed by atoms with van der Waals surface area (Å²) in [6.07, 6.45) is 0. The van der Waals surface area contributed by atoms with Gasteiger partial charge in [0.2, 0.25) is 0 Å². The highest BCUT2D eigenvalue weighted by Gasteiger charge is 2.20. The summed E-state index contributed by atoms with van der Waals surface area (Å²) in [4.78, 5) is 16.8. The average Bonchev–Trinajstić information content (AvgIpc) is 2.97. The molecule has 5 nitrogen and oxygen atoms in total. The van der Waals surface area contributed by atoms with Crippen molar-refractivity contribution in [2.45, 2.75) is 26.9 Å². The maximum atomic E-state index is 6.39. The van der Waals surface area contributed by atoms with Gasteiger partial charge in [-0.3, -0.25) is 4.90 Å². The summed E-state index contributed by atoms with van der Waals surface area (Å²) in [6.45, 7) is 9.17. The van der Waals surface area contributed by atoms with Crippen LogP contribution in [0.4, 0.5) is 5.82 Å². The van der Waals surface area contributed by atoms with Crippen LogP contribution in [0.15, 0.2) is 24.3 Å². The monoisotopic (exact) mass is 416 g/mol. The lowest BCUT2D eigenvalue weighted by atomic mass is 10.1. The van der Waals surface area contributed by atoms with Crippen molar-refractivity contribution in [1.29, 1.82) is 0 Å². The first kappa shape index (κ1) is 19.6. The molecule has 0 atom stereocenters. The molecular weight excluding hydrogens is 392 g/mol. The summed E-state index contributed by atoms with van der Waals surface area (Å²) < 4.78 is 5.47. The summed E-state index contributed by atoms with van der Waals surface area (Å²) in [5, 5.41) is 1.94. The smallest absolute Gasteiger partial charge is 0.146 e. The largest absolute Gasteiger partial charge is 0.379 e. The number of benzene rings is 1. The van der Waals surface area contributed by atoms with Gasteiger partial charge in [0.15, 0.2) is 0 Å². The maximum absolute atomic E-state index is 6.39. The first-order valence-corrected chi connectivity index (χ1v) is 10.7. The molecule has 1 aliphatic rings. The number of ether oxygens (including phenoxy) is 1. The van der Waals surface area contributed by atoms with Crippen molar-refractivity contribution < 1.29 is 4.74 Å². The summed E-state index contributed by atoms with van der Waals surface area (Å²) in [5.41, 5.74) is 2.36. The van der Waals surface area contributed by atoms with Crippen molar-refractivity contribution in [1.82, 2.24) is 14.9 Å². The van der Waals surface area contributed by atoms with E-state index in [0.717, 1.165) is 65.3 Å². The molecule has 1 fully saturated rings. The van der Waals surface area contributed by atoms with E-state index >= 15 is 0 Å². The minimum Gasteiger partial charge on any atom is -0.379 e. The van der Waals surface area contributed by atoms with Crippen LogP contribution in [0.5, 0.6) is 0 Å². The number of nitrogens with zero attached hydrogens (tertiary/aromatic N) is 4. The molecule has 0 bridgehead atoms. The van der Waals surface area contributed by atoms with Crippen LogP contribution in [0.3, 0.4) is 0 Å². The summed E-state index contributed by atoms with van der Waals surface area (Å²) in [5.74, 6) is 1.85. The molecule has 3 aromatic rings. The molecule has 0 aliphatic carbocycles. The Hall–Kier alpha value is -1.73. The normalized spacial score (nSPS) is 15.3. The number of thiophene rings is 1. The molecular formula is C21H25ClN4OS. The Kier molecular flexibility index (Phi) is 5.83. The van der Waals surface area contributed by atoms with Crippen LogP contribution in [-0.4, -0.2) is 48.2 Å². The van der Waals surface area contributed by atoms with Crippen LogP contribution >= 0.6 is 22.9 Å². The number of morpholine rings is 1. The second kappa shape index (κ2) is 8.33. The second-order valence-electron chi connectivity index (χ2n) is 7.26. The zero-order valence-electron chi connectivity index (χ0n) is 16.5. The van der Waals surface area contributed by atoms with Gasteiger partial charge in [-0.1, -0.05) is 29.8 Å². The number of hydrogen-bond donors (Lipinski definition) is 0. The molecule has 0 spiro atoms. The van der Waals surface area contributed by atoms with E-state index in [4.69, 9.17) is 26.3 Å². The molecule has 1 aliphatic heterocycles. The van der Waals surface area contributed by atoms with Gasteiger partial charge >= 0.3 is 0 Å². The fraction of sp³-hybridized carbons (Fsp3) is 0.429. The lowest BCUT2D eigenvalue weighted by Crippen LogP contribution is -2.36. The molecule has 148 valence electrons. The lowest BCUT2D eigenvalue weighted by molar-refractivity contribution is 0.0331. The number of hydrogen-bond acceptors (Lipinski definition) is 6. The second-order valence-corrected chi connectivity index (χ2v) is 8.87. The molecule has 3 heterocycles. The Bertz CT molecular complexity index is 984. The summed E-state index contributed by atoms with van der Waals surface area (Å²) in [7, 11) is 2.08. The predicted molar refractivity (Wildman–Crippen MR) is 117 cm³/mol. The molecule has 1 saturated heterocycles. The minimum absolute atomic E-state index is 0.705. The van der Waals surface area contributed by atoms with Gasteiger partial charge in [0.05, 0.1) is 25.1 Å². The van der Waals surface area contributed by atoms with E-state index in [1.807, 2.05) is 18.2 Å².